The molecule has 1 atom stereocenters. The second-order valence-electron chi connectivity index (χ2n) is 10.2. The monoisotopic (exact) mass is 502 g/mol. The molecule has 36 heavy (non-hydrogen) atoms. The number of carbonyl (C=O) groups is 2. The van der Waals surface area contributed by atoms with Crippen molar-refractivity contribution >= 4 is 23.6 Å². The molecule has 0 fully saturated rings. The lowest BCUT2D eigenvalue weighted by Gasteiger charge is -2.34. The molecule has 4 nitrogen and oxygen atoms in total. The first-order valence-corrected chi connectivity index (χ1v) is 13.7. The van der Waals surface area contributed by atoms with Gasteiger partial charge in [0, 0.05) is 36.4 Å². The summed E-state index contributed by atoms with van der Waals surface area (Å²) in [5.41, 5.74) is 4.06. The minimum atomic E-state index is -0.599. The summed E-state index contributed by atoms with van der Waals surface area (Å²) in [5.74, 6) is 1.45. The van der Waals surface area contributed by atoms with E-state index in [0.717, 1.165) is 22.4 Å². The van der Waals surface area contributed by atoms with Gasteiger partial charge in [-0.05, 0) is 49.9 Å². The lowest BCUT2D eigenvalue weighted by Crippen LogP contribution is -2.54. The van der Waals surface area contributed by atoms with Crippen molar-refractivity contribution in [2.45, 2.75) is 64.4 Å². The summed E-state index contributed by atoms with van der Waals surface area (Å²) < 4.78 is 0. The number of benzene rings is 3. The maximum absolute atomic E-state index is 13.7. The molecule has 5 heteroatoms. The van der Waals surface area contributed by atoms with Gasteiger partial charge in [-0.15, -0.1) is 0 Å². The predicted molar refractivity (Wildman–Crippen MR) is 151 cm³/mol. The number of amides is 2. The number of aryl methyl sites for hydroxylation is 1. The smallest absolute Gasteiger partial charge is 0.243 e. The zero-order valence-corrected chi connectivity index (χ0v) is 22.7. The van der Waals surface area contributed by atoms with E-state index in [2.05, 4.69) is 30.4 Å². The average molecular weight is 503 g/mol. The van der Waals surface area contributed by atoms with Gasteiger partial charge in [0.25, 0.3) is 0 Å². The summed E-state index contributed by atoms with van der Waals surface area (Å²) in [6.45, 7) is 8.37. The Kier molecular flexibility index (Phi) is 10.2. The fourth-order valence-electron chi connectivity index (χ4n) is 4.05. The number of thioether (sulfide) groups is 1. The Balaban J connectivity index is 1.83. The molecule has 0 saturated heterocycles. The zero-order valence-electron chi connectivity index (χ0n) is 21.9. The molecule has 3 aromatic carbocycles. The van der Waals surface area contributed by atoms with Crippen molar-refractivity contribution < 1.29 is 9.59 Å². The quantitative estimate of drug-likeness (QED) is 0.319. The largest absolute Gasteiger partial charge is 0.350 e. The van der Waals surface area contributed by atoms with Gasteiger partial charge in [-0.3, -0.25) is 9.59 Å². The molecule has 190 valence electrons. The summed E-state index contributed by atoms with van der Waals surface area (Å²) in [5, 5.41) is 3.13. The van der Waals surface area contributed by atoms with Crippen LogP contribution in [0.4, 0.5) is 0 Å². The highest BCUT2D eigenvalue weighted by Gasteiger charge is 2.32. The zero-order chi connectivity index (χ0) is 26.0. The van der Waals surface area contributed by atoms with Crippen molar-refractivity contribution in [1.82, 2.24) is 10.2 Å². The number of hydrogen-bond acceptors (Lipinski definition) is 3. The van der Waals surface area contributed by atoms with E-state index in [9.17, 15) is 9.59 Å². The lowest BCUT2D eigenvalue weighted by atomic mass is 9.99. The fraction of sp³-hybridized carbons (Fsp3) is 0.355. The number of rotatable bonds is 11. The van der Waals surface area contributed by atoms with Crippen LogP contribution < -0.4 is 5.32 Å². The summed E-state index contributed by atoms with van der Waals surface area (Å²) in [6.07, 6.45) is 0.856. The van der Waals surface area contributed by atoms with Crippen molar-refractivity contribution in [3.8, 4) is 0 Å². The summed E-state index contributed by atoms with van der Waals surface area (Å²) >= 11 is 1.75. The van der Waals surface area contributed by atoms with Gasteiger partial charge in [0.05, 0.1) is 0 Å². The van der Waals surface area contributed by atoms with Gasteiger partial charge in [0.15, 0.2) is 0 Å². The van der Waals surface area contributed by atoms with Crippen LogP contribution in [0.25, 0.3) is 0 Å². The Morgan fingerprint density at radius 2 is 1.44 bits per heavy atom. The number of nitrogens with one attached hydrogen (secondary N) is 1. The first kappa shape index (κ1) is 27.5. The van der Waals surface area contributed by atoms with Crippen LogP contribution in [0.1, 0.15) is 49.4 Å². The Labute approximate surface area is 220 Å². The molecule has 0 aliphatic heterocycles. The lowest BCUT2D eigenvalue weighted by molar-refractivity contribution is -0.141. The minimum Gasteiger partial charge on any atom is -0.350 e. The van der Waals surface area contributed by atoms with E-state index in [1.54, 1.807) is 16.7 Å². The van der Waals surface area contributed by atoms with E-state index >= 15 is 0 Å². The molecule has 0 saturated carbocycles. The number of hydrogen-bond donors (Lipinski definition) is 1. The summed E-state index contributed by atoms with van der Waals surface area (Å²) in [6, 6.07) is 27.7. The van der Waals surface area contributed by atoms with Crippen LogP contribution in [0.3, 0.4) is 0 Å². The molecule has 1 N–H and O–H groups in total. The van der Waals surface area contributed by atoms with E-state index in [1.165, 1.54) is 5.56 Å². The molecular weight excluding hydrogens is 464 g/mol. The SMILES string of the molecule is Cc1ccccc1CN(C(=O)CCSCc1ccccc1)[C@@H](Cc1ccccc1)C(=O)NC(C)(C)C. The average Bonchev–Trinajstić information content (AvgIpc) is 2.85. The van der Waals surface area contributed by atoms with Gasteiger partial charge in [0.1, 0.15) is 6.04 Å². The first-order chi connectivity index (χ1) is 17.2. The van der Waals surface area contributed by atoms with E-state index < -0.39 is 11.6 Å². The van der Waals surface area contributed by atoms with Gasteiger partial charge >= 0.3 is 0 Å². The molecular formula is C31H38N2O2S. The van der Waals surface area contributed by atoms with Crippen molar-refractivity contribution in [3.63, 3.8) is 0 Å². The highest BCUT2D eigenvalue weighted by Crippen LogP contribution is 2.20. The fourth-order valence-corrected chi connectivity index (χ4v) is 4.94. The van der Waals surface area contributed by atoms with E-state index in [0.29, 0.717) is 25.1 Å². The van der Waals surface area contributed by atoms with E-state index in [4.69, 9.17) is 0 Å². The van der Waals surface area contributed by atoms with Gasteiger partial charge in [-0.1, -0.05) is 84.9 Å². The van der Waals surface area contributed by atoms with E-state index in [1.807, 2.05) is 87.5 Å². The van der Waals surface area contributed by atoms with Crippen LogP contribution in [-0.4, -0.2) is 34.0 Å². The maximum atomic E-state index is 13.7. The molecule has 3 rings (SSSR count). The van der Waals surface area contributed by atoms with Gasteiger partial charge in [-0.25, -0.2) is 0 Å². The first-order valence-electron chi connectivity index (χ1n) is 12.5. The van der Waals surface area contributed by atoms with Gasteiger partial charge < -0.3 is 10.2 Å². The molecule has 0 radical (unpaired) electrons. The second kappa shape index (κ2) is 13.3. The minimum absolute atomic E-state index is 0.00352. The molecule has 0 aromatic heterocycles. The third-order valence-corrected chi connectivity index (χ3v) is 6.97. The maximum Gasteiger partial charge on any atom is 0.243 e. The molecule has 0 heterocycles. The topological polar surface area (TPSA) is 49.4 Å². The molecule has 0 spiro atoms. The van der Waals surface area contributed by atoms with Crippen molar-refractivity contribution in [2.24, 2.45) is 0 Å². The third-order valence-electron chi connectivity index (χ3n) is 5.94. The Hall–Kier alpha value is -3.05. The predicted octanol–water partition coefficient (Wildman–Crippen LogP) is 6.17. The van der Waals surface area contributed by atoms with Crippen LogP contribution in [0.5, 0.6) is 0 Å². The summed E-state index contributed by atoms with van der Waals surface area (Å²) in [7, 11) is 0. The molecule has 3 aromatic rings. The highest BCUT2D eigenvalue weighted by molar-refractivity contribution is 7.98. The molecule has 0 aliphatic carbocycles. The molecule has 2 amide bonds. The summed E-state index contributed by atoms with van der Waals surface area (Å²) in [4.78, 5) is 29.1. The normalized spacial score (nSPS) is 12.1. The molecule has 0 bridgehead atoms. The standard InChI is InChI=1S/C31H38N2O2S/c1-24-13-11-12-18-27(24)22-33(29(34)19-20-36-23-26-16-9-6-10-17-26)28(30(35)32-31(2,3)4)21-25-14-7-5-8-15-25/h5-18,28H,19-23H2,1-4H3,(H,32,35)/t28-/m0/s1. The Bertz CT molecular complexity index is 1110. The van der Waals surface area contributed by atoms with Crippen LogP contribution in [0.2, 0.25) is 0 Å². The number of nitrogens with zero attached hydrogens (tertiary/aromatic N) is 1. The van der Waals surface area contributed by atoms with Crippen molar-refractivity contribution in [3.05, 3.63) is 107 Å². The second-order valence-corrected chi connectivity index (χ2v) is 11.3. The molecule has 0 unspecified atom stereocenters. The number of carbonyl (C=O) groups excluding carboxylic acids is 2. The van der Waals surface area contributed by atoms with Gasteiger partial charge in [-0.2, -0.15) is 11.8 Å². The van der Waals surface area contributed by atoms with Crippen molar-refractivity contribution in [1.29, 1.82) is 0 Å². The van der Waals surface area contributed by atoms with Crippen LogP contribution in [0, 0.1) is 6.92 Å². The van der Waals surface area contributed by atoms with E-state index in [-0.39, 0.29) is 11.8 Å². The Morgan fingerprint density at radius 3 is 2.06 bits per heavy atom. The van der Waals surface area contributed by atoms with Gasteiger partial charge in [0.2, 0.25) is 11.8 Å². The van der Waals surface area contributed by atoms with Crippen molar-refractivity contribution in [2.75, 3.05) is 5.75 Å². The van der Waals surface area contributed by atoms with Crippen LogP contribution in [-0.2, 0) is 28.3 Å². The highest BCUT2D eigenvalue weighted by atomic mass is 32.2. The van der Waals surface area contributed by atoms with Crippen LogP contribution >= 0.6 is 11.8 Å². The van der Waals surface area contributed by atoms with Crippen LogP contribution in [0.15, 0.2) is 84.9 Å². The Morgan fingerprint density at radius 1 is 0.861 bits per heavy atom. The third kappa shape index (κ3) is 8.87. The molecule has 0 aliphatic rings.